The number of hydrogen-bond donors (Lipinski definition) is 0. The summed E-state index contributed by atoms with van der Waals surface area (Å²) >= 11 is 0. The van der Waals surface area contributed by atoms with Gasteiger partial charge in [-0.05, 0) is 43.7 Å². The van der Waals surface area contributed by atoms with E-state index in [1.54, 1.807) is 0 Å². The monoisotopic (exact) mass is 458 g/mol. The van der Waals surface area contributed by atoms with Crippen molar-refractivity contribution < 1.29 is 13.9 Å². The van der Waals surface area contributed by atoms with Crippen molar-refractivity contribution in [3.05, 3.63) is 90.5 Å². The predicted molar refractivity (Wildman–Crippen MR) is 137 cm³/mol. The van der Waals surface area contributed by atoms with Crippen molar-refractivity contribution >= 4 is 16.6 Å². The number of nitrogens with zero attached hydrogens (tertiary/aromatic N) is 2. The molecule has 0 spiro atoms. The zero-order chi connectivity index (χ0) is 23.8. The van der Waals surface area contributed by atoms with Crippen LogP contribution < -0.4 is 9.64 Å². The lowest BCUT2D eigenvalue weighted by Crippen LogP contribution is -2.25. The summed E-state index contributed by atoms with van der Waals surface area (Å²) in [6, 6.07) is 27.9. The topological polar surface area (TPSA) is 34.6 Å². The first kappa shape index (κ1) is 23.7. The van der Waals surface area contributed by atoms with Gasteiger partial charge < -0.3 is 14.4 Å². The Balaban J connectivity index is 1.55. The molecule has 176 valence electrons. The Morgan fingerprint density at radius 1 is 0.882 bits per heavy atom. The molecule has 0 amide bonds. The van der Waals surface area contributed by atoms with Crippen LogP contribution in [0.5, 0.6) is 5.75 Å². The maximum absolute atomic E-state index is 13.9. The van der Waals surface area contributed by atoms with E-state index in [9.17, 15) is 4.39 Å². The van der Waals surface area contributed by atoms with Crippen LogP contribution in [0.2, 0.25) is 0 Å². The molecule has 3 aromatic carbocycles. The molecule has 34 heavy (non-hydrogen) atoms. The van der Waals surface area contributed by atoms with Crippen LogP contribution in [0.3, 0.4) is 0 Å². The van der Waals surface area contributed by atoms with Crippen LogP contribution in [-0.4, -0.2) is 37.5 Å². The van der Waals surface area contributed by atoms with E-state index < -0.39 is 12.8 Å². The molecule has 0 bridgehead atoms. The summed E-state index contributed by atoms with van der Waals surface area (Å²) in [6.45, 7) is 6.16. The van der Waals surface area contributed by atoms with Crippen LogP contribution >= 0.6 is 0 Å². The number of aromatic nitrogens is 1. The van der Waals surface area contributed by atoms with Crippen molar-refractivity contribution in [2.75, 3.05) is 31.3 Å². The second-order valence-electron chi connectivity index (χ2n) is 8.14. The standard InChI is InChI=1S/C29H31FN2O2/c1-3-32(4-2)24-16-14-23(15-17-24)28-18-29(26-12-8-9-13-27(26)31-28)34-25(19-30)21-33-20-22-10-6-5-7-11-22/h5-18,25H,3-4,19-21H2,1-2H3. The first-order valence-electron chi connectivity index (χ1n) is 11.8. The Morgan fingerprint density at radius 3 is 2.29 bits per heavy atom. The van der Waals surface area contributed by atoms with Gasteiger partial charge in [-0.15, -0.1) is 0 Å². The van der Waals surface area contributed by atoms with Crippen molar-refractivity contribution in [2.45, 2.75) is 26.6 Å². The van der Waals surface area contributed by atoms with Crippen molar-refractivity contribution in [1.29, 1.82) is 0 Å². The van der Waals surface area contributed by atoms with Crippen molar-refractivity contribution in [1.82, 2.24) is 4.98 Å². The molecule has 1 atom stereocenters. The summed E-state index contributed by atoms with van der Waals surface area (Å²) in [6.07, 6.45) is -0.701. The summed E-state index contributed by atoms with van der Waals surface area (Å²) in [5.41, 5.74) is 4.82. The SMILES string of the molecule is CCN(CC)c1ccc(-c2cc(OC(CF)COCc3ccccc3)c3ccccc3n2)cc1. The molecular weight excluding hydrogens is 427 g/mol. The fourth-order valence-electron chi connectivity index (χ4n) is 3.99. The first-order valence-corrected chi connectivity index (χ1v) is 11.8. The van der Waals surface area contributed by atoms with Crippen molar-refractivity contribution in [2.24, 2.45) is 0 Å². The van der Waals surface area contributed by atoms with Crippen LogP contribution in [-0.2, 0) is 11.3 Å². The quantitative estimate of drug-likeness (QED) is 0.251. The van der Waals surface area contributed by atoms with E-state index in [1.807, 2.05) is 60.7 Å². The number of alkyl halides is 1. The molecular formula is C29H31FN2O2. The molecule has 1 heterocycles. The van der Waals surface area contributed by atoms with Gasteiger partial charge in [0.25, 0.3) is 0 Å². The fraction of sp³-hybridized carbons (Fsp3) is 0.276. The van der Waals surface area contributed by atoms with Gasteiger partial charge in [-0.3, -0.25) is 0 Å². The Morgan fingerprint density at radius 2 is 1.59 bits per heavy atom. The summed E-state index contributed by atoms with van der Waals surface area (Å²) in [4.78, 5) is 7.14. The first-order chi connectivity index (χ1) is 16.7. The minimum Gasteiger partial charge on any atom is -0.484 e. The van der Waals surface area contributed by atoms with Crippen LogP contribution in [0.1, 0.15) is 19.4 Å². The van der Waals surface area contributed by atoms with Crippen LogP contribution in [0.25, 0.3) is 22.2 Å². The van der Waals surface area contributed by atoms with Crippen LogP contribution in [0.15, 0.2) is 84.9 Å². The smallest absolute Gasteiger partial charge is 0.150 e. The number of para-hydroxylation sites is 1. The van der Waals surface area contributed by atoms with Crippen molar-refractivity contribution in [3.63, 3.8) is 0 Å². The van der Waals surface area contributed by atoms with Gasteiger partial charge in [-0.25, -0.2) is 9.37 Å². The Hall–Kier alpha value is -3.44. The van der Waals surface area contributed by atoms with E-state index in [0.717, 1.165) is 40.8 Å². The summed E-state index contributed by atoms with van der Waals surface area (Å²) < 4.78 is 25.7. The number of rotatable bonds is 11. The van der Waals surface area contributed by atoms with Crippen LogP contribution in [0.4, 0.5) is 10.1 Å². The van der Waals surface area contributed by atoms with E-state index >= 15 is 0 Å². The van der Waals surface area contributed by atoms with Gasteiger partial charge >= 0.3 is 0 Å². The average Bonchev–Trinajstić information content (AvgIpc) is 2.89. The number of benzene rings is 3. The van der Waals surface area contributed by atoms with Gasteiger partial charge in [0.2, 0.25) is 0 Å². The highest BCUT2D eigenvalue weighted by molar-refractivity contribution is 5.88. The highest BCUT2D eigenvalue weighted by atomic mass is 19.1. The number of pyridine rings is 1. The minimum atomic E-state index is -0.701. The minimum absolute atomic E-state index is 0.163. The summed E-state index contributed by atoms with van der Waals surface area (Å²) in [5.74, 6) is 0.611. The zero-order valence-electron chi connectivity index (χ0n) is 19.8. The van der Waals surface area contributed by atoms with Gasteiger partial charge in [-0.2, -0.15) is 0 Å². The number of ether oxygens (including phenoxy) is 2. The number of fused-ring (bicyclic) bond motifs is 1. The third-order valence-electron chi connectivity index (χ3n) is 5.85. The molecule has 4 nitrogen and oxygen atoms in total. The molecule has 4 aromatic rings. The molecule has 0 radical (unpaired) electrons. The Kier molecular flexibility index (Phi) is 8.10. The number of hydrogen-bond acceptors (Lipinski definition) is 4. The molecule has 0 aliphatic heterocycles. The second kappa shape index (κ2) is 11.6. The summed E-state index contributed by atoms with van der Waals surface area (Å²) in [5, 5.41) is 0.854. The van der Waals surface area contributed by atoms with Crippen molar-refractivity contribution in [3.8, 4) is 17.0 Å². The maximum atomic E-state index is 13.9. The van der Waals surface area contributed by atoms with Gasteiger partial charge in [0.15, 0.2) is 6.10 Å². The Bertz CT molecular complexity index is 1180. The largest absolute Gasteiger partial charge is 0.484 e. The predicted octanol–water partition coefficient (Wildman–Crippen LogP) is 6.68. The van der Waals surface area contributed by atoms with E-state index in [1.165, 1.54) is 5.69 Å². The molecule has 4 rings (SSSR count). The molecule has 0 N–H and O–H groups in total. The highest BCUT2D eigenvalue weighted by Crippen LogP contribution is 2.31. The van der Waals surface area contributed by atoms with E-state index in [0.29, 0.717) is 12.4 Å². The average molecular weight is 459 g/mol. The van der Waals surface area contributed by atoms with Gasteiger partial charge in [0, 0.05) is 35.8 Å². The molecule has 0 aliphatic carbocycles. The zero-order valence-corrected chi connectivity index (χ0v) is 19.8. The third kappa shape index (κ3) is 5.72. The maximum Gasteiger partial charge on any atom is 0.150 e. The van der Waals surface area contributed by atoms with E-state index in [4.69, 9.17) is 14.5 Å². The fourth-order valence-corrected chi connectivity index (χ4v) is 3.99. The van der Waals surface area contributed by atoms with Gasteiger partial charge in [0.1, 0.15) is 12.4 Å². The molecule has 0 saturated carbocycles. The number of halogens is 1. The van der Waals surface area contributed by atoms with Gasteiger partial charge in [0.05, 0.1) is 24.4 Å². The highest BCUT2D eigenvalue weighted by Gasteiger charge is 2.15. The Labute approximate surface area is 201 Å². The lowest BCUT2D eigenvalue weighted by molar-refractivity contribution is 0.0304. The lowest BCUT2D eigenvalue weighted by atomic mass is 10.1. The second-order valence-corrected chi connectivity index (χ2v) is 8.14. The molecule has 1 unspecified atom stereocenters. The molecule has 1 aromatic heterocycles. The van der Waals surface area contributed by atoms with Gasteiger partial charge in [-0.1, -0.05) is 54.6 Å². The van der Waals surface area contributed by atoms with E-state index in [2.05, 4.69) is 43.0 Å². The molecule has 0 fully saturated rings. The lowest BCUT2D eigenvalue weighted by Gasteiger charge is -2.21. The molecule has 0 aliphatic rings. The van der Waals surface area contributed by atoms with E-state index in [-0.39, 0.29) is 6.61 Å². The van der Waals surface area contributed by atoms with Crippen LogP contribution in [0, 0.1) is 0 Å². The summed E-state index contributed by atoms with van der Waals surface area (Å²) in [7, 11) is 0. The molecule has 0 saturated heterocycles. The molecule has 5 heteroatoms. The number of anilines is 1. The third-order valence-corrected chi connectivity index (χ3v) is 5.85. The normalized spacial score (nSPS) is 12.0.